The van der Waals surface area contributed by atoms with Crippen LogP contribution in [0, 0.1) is 11.3 Å². The summed E-state index contributed by atoms with van der Waals surface area (Å²) in [6, 6.07) is 0. The third-order valence-corrected chi connectivity index (χ3v) is 5.94. The van der Waals surface area contributed by atoms with Gasteiger partial charge in [0.15, 0.2) is 0 Å². The third kappa shape index (κ3) is 2.78. The van der Waals surface area contributed by atoms with Crippen molar-refractivity contribution in [2.45, 2.75) is 70.2 Å². The first-order valence-electron chi connectivity index (χ1n) is 7.98. The van der Waals surface area contributed by atoms with Gasteiger partial charge in [0.2, 0.25) is 0 Å². The van der Waals surface area contributed by atoms with Crippen molar-refractivity contribution in [1.82, 2.24) is 0 Å². The molecule has 0 bridgehead atoms. The predicted octanol–water partition coefficient (Wildman–Crippen LogP) is 1.64. The quantitative estimate of drug-likeness (QED) is 0.538. The molecule has 3 N–H and O–H groups in total. The van der Waals surface area contributed by atoms with Gasteiger partial charge >= 0.3 is 11.9 Å². The molecule has 130 valence electrons. The summed E-state index contributed by atoms with van der Waals surface area (Å²) in [6.07, 6.45) is 1.54. The third-order valence-electron chi connectivity index (χ3n) is 5.94. The van der Waals surface area contributed by atoms with Gasteiger partial charge in [-0.25, -0.2) is 4.79 Å². The van der Waals surface area contributed by atoms with Gasteiger partial charge in [-0.2, -0.15) is 0 Å². The minimum Gasteiger partial charge on any atom is -0.478 e. The number of rotatable bonds is 3. The van der Waals surface area contributed by atoms with Gasteiger partial charge < -0.3 is 20.1 Å². The lowest BCUT2D eigenvalue weighted by molar-refractivity contribution is -0.264. The maximum Gasteiger partial charge on any atom is 0.331 e. The highest BCUT2D eigenvalue weighted by atomic mass is 16.5. The van der Waals surface area contributed by atoms with E-state index in [1.807, 2.05) is 6.92 Å². The van der Waals surface area contributed by atoms with Crippen LogP contribution in [0.15, 0.2) is 12.2 Å². The smallest absolute Gasteiger partial charge is 0.331 e. The first-order chi connectivity index (χ1) is 10.4. The molecule has 0 unspecified atom stereocenters. The zero-order valence-electron chi connectivity index (χ0n) is 14.0. The second-order valence-corrected chi connectivity index (χ2v) is 7.54. The van der Waals surface area contributed by atoms with Crippen LogP contribution in [0.2, 0.25) is 0 Å². The Labute approximate surface area is 136 Å². The van der Waals surface area contributed by atoms with E-state index in [1.54, 1.807) is 6.92 Å². The highest BCUT2D eigenvalue weighted by Crippen LogP contribution is 2.59. The molecule has 6 nitrogen and oxygen atoms in total. The second-order valence-electron chi connectivity index (χ2n) is 7.54. The summed E-state index contributed by atoms with van der Waals surface area (Å²) in [6.45, 7) is 8.34. The fourth-order valence-electron chi connectivity index (χ4n) is 4.50. The molecule has 0 aliphatic heterocycles. The first-order valence-corrected chi connectivity index (χ1v) is 7.98. The van der Waals surface area contributed by atoms with Crippen molar-refractivity contribution in [1.29, 1.82) is 0 Å². The maximum absolute atomic E-state index is 11.4. The summed E-state index contributed by atoms with van der Waals surface area (Å²) in [5.41, 5.74) is -3.52. The fraction of sp³-hybridized carbons (Fsp3) is 0.765. The average molecular weight is 326 g/mol. The van der Waals surface area contributed by atoms with Crippen LogP contribution >= 0.6 is 0 Å². The fourth-order valence-corrected chi connectivity index (χ4v) is 4.50. The topological polar surface area (TPSA) is 104 Å². The largest absolute Gasteiger partial charge is 0.478 e. The summed E-state index contributed by atoms with van der Waals surface area (Å²) in [4.78, 5) is 22.8. The number of hydrogen-bond acceptors (Lipinski definition) is 5. The van der Waals surface area contributed by atoms with Crippen molar-refractivity contribution in [3.63, 3.8) is 0 Å². The van der Waals surface area contributed by atoms with E-state index < -0.39 is 40.6 Å². The Hall–Kier alpha value is -1.40. The average Bonchev–Trinajstić information content (AvgIpc) is 2.39. The van der Waals surface area contributed by atoms with Gasteiger partial charge in [-0.05, 0) is 39.0 Å². The van der Waals surface area contributed by atoms with E-state index in [1.165, 1.54) is 6.92 Å². The Morgan fingerprint density at radius 1 is 1.17 bits per heavy atom. The molecule has 0 radical (unpaired) electrons. The van der Waals surface area contributed by atoms with Crippen LogP contribution in [0.25, 0.3) is 0 Å². The highest BCUT2D eigenvalue weighted by molar-refractivity contribution is 5.86. The van der Waals surface area contributed by atoms with Crippen LogP contribution < -0.4 is 0 Å². The molecule has 0 saturated heterocycles. The molecule has 23 heavy (non-hydrogen) atoms. The Kier molecular flexibility index (Phi) is 4.37. The van der Waals surface area contributed by atoms with Gasteiger partial charge in [0.05, 0.1) is 11.2 Å². The molecule has 0 aromatic carbocycles. The number of aliphatic hydroxyl groups is 2. The second kappa shape index (κ2) is 5.60. The van der Waals surface area contributed by atoms with Gasteiger partial charge in [-0.15, -0.1) is 0 Å². The molecular formula is C17H26O6. The highest BCUT2D eigenvalue weighted by Gasteiger charge is 2.64. The maximum atomic E-state index is 11.4. The molecule has 6 heteroatoms. The number of carbonyl (C=O) groups is 2. The zero-order valence-corrected chi connectivity index (χ0v) is 14.0. The van der Waals surface area contributed by atoms with E-state index in [0.29, 0.717) is 19.3 Å². The van der Waals surface area contributed by atoms with E-state index in [9.17, 15) is 24.9 Å². The Balaban J connectivity index is 2.44. The van der Waals surface area contributed by atoms with Crippen LogP contribution in [0.4, 0.5) is 0 Å². The molecule has 2 saturated carbocycles. The lowest BCUT2D eigenvalue weighted by Gasteiger charge is -2.61. The molecule has 0 spiro atoms. The number of hydrogen-bond donors (Lipinski definition) is 3. The molecule has 2 aliphatic rings. The standard InChI is InChI=1S/C17H26O6/c1-10(14(19)20)12-8-17(22)15(3,6-5-7-16(17,4)21)9-13(12)23-11(2)18/h12-13,21-22H,1,5-9H2,2-4H3,(H,19,20)/t12-,13+,15-,16+,17+/m1/s1. The van der Waals surface area contributed by atoms with Crippen LogP contribution in [-0.4, -0.2) is 44.6 Å². The lowest BCUT2D eigenvalue weighted by Crippen LogP contribution is -2.68. The predicted molar refractivity (Wildman–Crippen MR) is 82.6 cm³/mol. The number of fused-ring (bicyclic) bond motifs is 1. The van der Waals surface area contributed by atoms with E-state index in [0.717, 1.165) is 6.42 Å². The number of ether oxygens (including phenoxy) is 1. The van der Waals surface area contributed by atoms with Gasteiger partial charge in [0.1, 0.15) is 6.10 Å². The molecule has 0 aromatic heterocycles. The number of aliphatic carboxylic acids is 1. The summed E-state index contributed by atoms with van der Waals surface area (Å²) < 4.78 is 5.35. The summed E-state index contributed by atoms with van der Waals surface area (Å²) in [7, 11) is 0. The van der Waals surface area contributed by atoms with Crippen molar-refractivity contribution in [3.8, 4) is 0 Å². The summed E-state index contributed by atoms with van der Waals surface area (Å²) in [5.74, 6) is -2.40. The molecule has 5 atom stereocenters. The number of esters is 1. The molecule has 2 aliphatic carbocycles. The van der Waals surface area contributed by atoms with Crippen LogP contribution in [-0.2, 0) is 14.3 Å². The Morgan fingerprint density at radius 2 is 1.78 bits per heavy atom. The molecule has 0 amide bonds. The van der Waals surface area contributed by atoms with E-state index in [-0.39, 0.29) is 12.0 Å². The van der Waals surface area contributed by atoms with Gasteiger partial charge in [0, 0.05) is 23.8 Å². The van der Waals surface area contributed by atoms with E-state index in [4.69, 9.17) is 4.74 Å². The molecule has 0 aromatic rings. The van der Waals surface area contributed by atoms with Gasteiger partial charge in [-0.3, -0.25) is 4.79 Å². The van der Waals surface area contributed by atoms with Crippen LogP contribution in [0.3, 0.4) is 0 Å². The summed E-state index contributed by atoms with van der Waals surface area (Å²) in [5, 5.41) is 31.3. The minimum absolute atomic E-state index is 0.0135. The van der Waals surface area contributed by atoms with E-state index >= 15 is 0 Å². The van der Waals surface area contributed by atoms with Crippen molar-refractivity contribution in [2.24, 2.45) is 11.3 Å². The molecule has 2 rings (SSSR count). The van der Waals surface area contributed by atoms with Crippen molar-refractivity contribution in [2.75, 3.05) is 0 Å². The zero-order chi connectivity index (χ0) is 17.6. The first kappa shape index (κ1) is 17.9. The van der Waals surface area contributed by atoms with Crippen molar-refractivity contribution in [3.05, 3.63) is 12.2 Å². The van der Waals surface area contributed by atoms with Crippen LogP contribution in [0.5, 0.6) is 0 Å². The summed E-state index contributed by atoms with van der Waals surface area (Å²) >= 11 is 0. The molecule has 0 heterocycles. The minimum atomic E-state index is -1.45. The number of carboxylic acids is 1. The monoisotopic (exact) mass is 326 g/mol. The normalized spacial score (nSPS) is 43.3. The number of carbonyl (C=O) groups excluding carboxylic acids is 1. The number of carboxylic acid groups (broad SMARTS) is 1. The molecular weight excluding hydrogens is 300 g/mol. The van der Waals surface area contributed by atoms with Crippen molar-refractivity contribution >= 4 is 11.9 Å². The Bertz CT molecular complexity index is 539. The Morgan fingerprint density at radius 3 is 2.30 bits per heavy atom. The van der Waals surface area contributed by atoms with Gasteiger partial charge in [0.25, 0.3) is 0 Å². The molecule has 2 fully saturated rings. The van der Waals surface area contributed by atoms with Crippen LogP contribution in [0.1, 0.15) is 52.9 Å². The van der Waals surface area contributed by atoms with Crippen molar-refractivity contribution < 1.29 is 29.6 Å². The lowest BCUT2D eigenvalue weighted by atomic mass is 9.49. The van der Waals surface area contributed by atoms with E-state index in [2.05, 4.69) is 6.58 Å². The SMILES string of the molecule is C=C(C(=O)O)[C@H]1C[C@]2(O)[C@](C)(CCC[C@]2(C)O)C[C@@H]1OC(C)=O. The van der Waals surface area contributed by atoms with Gasteiger partial charge in [-0.1, -0.05) is 13.5 Å².